The van der Waals surface area contributed by atoms with Gasteiger partial charge >= 0.3 is 6.18 Å². The molecular weight excluding hydrogens is 287 g/mol. The van der Waals surface area contributed by atoms with Crippen molar-refractivity contribution in [1.29, 1.82) is 0 Å². The van der Waals surface area contributed by atoms with Crippen LogP contribution in [0, 0.1) is 0 Å². The molecule has 0 aliphatic carbocycles. The molecule has 1 rings (SSSR count). The Morgan fingerprint density at radius 2 is 1.90 bits per heavy atom. The molecule has 2 amide bonds. The quantitative estimate of drug-likeness (QED) is 0.779. The van der Waals surface area contributed by atoms with E-state index in [9.17, 15) is 22.8 Å². The first-order chi connectivity index (χ1) is 9.67. The fraction of sp³-hybridized carbons (Fsp3) is 0.385. The molecule has 1 aromatic carbocycles. The second-order valence-corrected chi connectivity index (χ2v) is 4.58. The number of carbonyl (C=O) groups excluding carboxylic acids is 2. The lowest BCUT2D eigenvalue weighted by Gasteiger charge is -2.22. The van der Waals surface area contributed by atoms with Crippen LogP contribution in [0.4, 0.5) is 18.9 Å². The third kappa shape index (κ3) is 6.64. The molecule has 0 heterocycles. The normalized spacial score (nSPS) is 11.2. The van der Waals surface area contributed by atoms with Gasteiger partial charge in [-0.2, -0.15) is 13.2 Å². The maximum absolute atomic E-state index is 12.1. The van der Waals surface area contributed by atoms with E-state index in [1.54, 1.807) is 24.3 Å². The van der Waals surface area contributed by atoms with Crippen molar-refractivity contribution in [3.05, 3.63) is 29.8 Å². The van der Waals surface area contributed by atoms with Crippen LogP contribution in [-0.2, 0) is 16.1 Å². The van der Waals surface area contributed by atoms with Crippen LogP contribution >= 0.6 is 0 Å². The summed E-state index contributed by atoms with van der Waals surface area (Å²) in [7, 11) is 0. The van der Waals surface area contributed by atoms with Gasteiger partial charge in [-0.05, 0) is 17.7 Å². The first kappa shape index (κ1) is 16.8. The summed E-state index contributed by atoms with van der Waals surface area (Å²) >= 11 is 0. The second kappa shape index (κ2) is 6.96. The molecule has 0 saturated heterocycles. The summed E-state index contributed by atoms with van der Waals surface area (Å²) in [5, 5.41) is 0. The van der Waals surface area contributed by atoms with Gasteiger partial charge in [0, 0.05) is 18.7 Å². The number of primary amides is 1. The number of halogens is 3. The standard InChI is InChI=1S/C13H16F3N3O2/c14-13(15,16)5-4-12(21)19(8-11(18)20)7-9-2-1-3-10(17)6-9/h1-3,6H,4-5,7-8,17H2,(H2,18,20). The van der Waals surface area contributed by atoms with E-state index >= 15 is 0 Å². The average molecular weight is 303 g/mol. The zero-order chi connectivity index (χ0) is 16.0. The third-order valence-corrected chi connectivity index (χ3v) is 2.65. The molecule has 0 radical (unpaired) electrons. The Labute approximate surface area is 119 Å². The molecule has 0 aliphatic rings. The van der Waals surface area contributed by atoms with Gasteiger partial charge in [0.25, 0.3) is 0 Å². The van der Waals surface area contributed by atoms with E-state index < -0.39 is 37.4 Å². The van der Waals surface area contributed by atoms with Crippen LogP contribution in [0.2, 0.25) is 0 Å². The molecule has 5 nitrogen and oxygen atoms in total. The number of benzene rings is 1. The number of nitrogens with two attached hydrogens (primary N) is 2. The van der Waals surface area contributed by atoms with Crippen molar-refractivity contribution >= 4 is 17.5 Å². The number of alkyl halides is 3. The molecule has 0 spiro atoms. The van der Waals surface area contributed by atoms with E-state index in [4.69, 9.17) is 11.5 Å². The van der Waals surface area contributed by atoms with Gasteiger partial charge in [0.1, 0.15) is 0 Å². The number of nitrogens with zero attached hydrogens (tertiary/aromatic N) is 1. The van der Waals surface area contributed by atoms with Crippen molar-refractivity contribution in [3.8, 4) is 0 Å². The Bertz CT molecular complexity index is 518. The Morgan fingerprint density at radius 1 is 1.24 bits per heavy atom. The topological polar surface area (TPSA) is 89.4 Å². The number of anilines is 1. The molecule has 0 aliphatic heterocycles. The zero-order valence-corrected chi connectivity index (χ0v) is 11.2. The average Bonchev–Trinajstić information content (AvgIpc) is 2.33. The molecule has 1 aromatic rings. The van der Waals surface area contributed by atoms with E-state index in [2.05, 4.69) is 0 Å². The van der Waals surface area contributed by atoms with Gasteiger partial charge in [0.2, 0.25) is 11.8 Å². The van der Waals surface area contributed by atoms with Crippen LogP contribution < -0.4 is 11.5 Å². The van der Waals surface area contributed by atoms with Crippen LogP contribution in [0.3, 0.4) is 0 Å². The predicted molar refractivity (Wildman–Crippen MR) is 70.8 cm³/mol. The highest BCUT2D eigenvalue weighted by atomic mass is 19.4. The number of hydrogen-bond donors (Lipinski definition) is 2. The first-order valence-corrected chi connectivity index (χ1v) is 6.14. The molecule has 0 aromatic heterocycles. The summed E-state index contributed by atoms with van der Waals surface area (Å²) < 4.78 is 36.4. The molecular formula is C13H16F3N3O2. The van der Waals surface area contributed by atoms with E-state index in [-0.39, 0.29) is 6.54 Å². The van der Waals surface area contributed by atoms with Gasteiger partial charge in [-0.1, -0.05) is 12.1 Å². The maximum Gasteiger partial charge on any atom is 0.389 e. The number of carbonyl (C=O) groups is 2. The Balaban J connectivity index is 2.75. The highest BCUT2D eigenvalue weighted by molar-refractivity contribution is 5.83. The fourth-order valence-electron chi connectivity index (χ4n) is 1.74. The molecule has 0 atom stereocenters. The Hall–Kier alpha value is -2.25. The predicted octanol–water partition coefficient (Wildman–Crippen LogP) is 1.43. The minimum Gasteiger partial charge on any atom is -0.399 e. The second-order valence-electron chi connectivity index (χ2n) is 4.58. The summed E-state index contributed by atoms with van der Waals surface area (Å²) in [6.45, 7) is -0.462. The minimum absolute atomic E-state index is 0.0231. The lowest BCUT2D eigenvalue weighted by Crippen LogP contribution is -2.38. The number of amides is 2. The fourth-order valence-corrected chi connectivity index (χ4v) is 1.74. The third-order valence-electron chi connectivity index (χ3n) is 2.65. The summed E-state index contributed by atoms with van der Waals surface area (Å²) in [5.41, 5.74) is 11.7. The van der Waals surface area contributed by atoms with E-state index in [0.717, 1.165) is 4.90 Å². The molecule has 116 valence electrons. The largest absolute Gasteiger partial charge is 0.399 e. The molecule has 0 fully saturated rings. The molecule has 4 N–H and O–H groups in total. The van der Waals surface area contributed by atoms with Crippen molar-refractivity contribution in [1.82, 2.24) is 4.90 Å². The maximum atomic E-state index is 12.1. The van der Waals surface area contributed by atoms with E-state index in [1.165, 1.54) is 0 Å². The summed E-state index contributed by atoms with van der Waals surface area (Å²) in [4.78, 5) is 23.7. The number of hydrogen-bond acceptors (Lipinski definition) is 3. The van der Waals surface area contributed by atoms with Crippen LogP contribution in [0.1, 0.15) is 18.4 Å². The summed E-state index contributed by atoms with van der Waals surface area (Å²) in [6.07, 6.45) is -6.39. The van der Waals surface area contributed by atoms with Crippen LogP contribution in [-0.4, -0.2) is 29.4 Å². The van der Waals surface area contributed by atoms with Crippen molar-refractivity contribution < 1.29 is 22.8 Å². The van der Waals surface area contributed by atoms with Crippen LogP contribution in [0.15, 0.2) is 24.3 Å². The number of nitrogen functional groups attached to an aromatic ring is 1. The van der Waals surface area contributed by atoms with Gasteiger partial charge in [-0.15, -0.1) is 0 Å². The van der Waals surface area contributed by atoms with Gasteiger partial charge in [-0.25, -0.2) is 0 Å². The minimum atomic E-state index is -4.43. The molecule has 0 bridgehead atoms. The molecule has 0 unspecified atom stereocenters. The molecule has 0 saturated carbocycles. The first-order valence-electron chi connectivity index (χ1n) is 6.14. The van der Waals surface area contributed by atoms with Gasteiger partial charge in [0.05, 0.1) is 13.0 Å². The van der Waals surface area contributed by atoms with Crippen molar-refractivity contribution in [2.45, 2.75) is 25.6 Å². The van der Waals surface area contributed by atoms with Crippen molar-refractivity contribution in [2.75, 3.05) is 12.3 Å². The van der Waals surface area contributed by atoms with Crippen LogP contribution in [0.25, 0.3) is 0 Å². The van der Waals surface area contributed by atoms with Crippen LogP contribution in [0.5, 0.6) is 0 Å². The van der Waals surface area contributed by atoms with Gasteiger partial charge in [0.15, 0.2) is 0 Å². The van der Waals surface area contributed by atoms with Crippen molar-refractivity contribution in [3.63, 3.8) is 0 Å². The van der Waals surface area contributed by atoms with E-state index in [1.807, 2.05) is 0 Å². The highest BCUT2D eigenvalue weighted by Crippen LogP contribution is 2.22. The lowest BCUT2D eigenvalue weighted by molar-refractivity contribution is -0.150. The highest BCUT2D eigenvalue weighted by Gasteiger charge is 2.29. The zero-order valence-electron chi connectivity index (χ0n) is 11.2. The Morgan fingerprint density at radius 3 is 2.43 bits per heavy atom. The smallest absolute Gasteiger partial charge is 0.389 e. The summed E-state index contributed by atoms with van der Waals surface area (Å²) in [5.74, 6) is -1.58. The molecule has 21 heavy (non-hydrogen) atoms. The molecule has 8 heteroatoms. The Kier molecular flexibility index (Phi) is 5.57. The monoisotopic (exact) mass is 303 g/mol. The lowest BCUT2D eigenvalue weighted by atomic mass is 10.1. The van der Waals surface area contributed by atoms with Crippen molar-refractivity contribution in [2.24, 2.45) is 5.73 Å². The van der Waals surface area contributed by atoms with Gasteiger partial charge < -0.3 is 16.4 Å². The SMILES string of the molecule is NC(=O)CN(Cc1cccc(N)c1)C(=O)CCC(F)(F)F. The van der Waals surface area contributed by atoms with E-state index in [0.29, 0.717) is 11.3 Å². The number of rotatable bonds is 6. The van der Waals surface area contributed by atoms with Gasteiger partial charge in [-0.3, -0.25) is 9.59 Å². The summed E-state index contributed by atoms with van der Waals surface area (Å²) in [6, 6.07) is 6.51.